The highest BCUT2D eigenvalue weighted by atomic mass is 28.4. The number of unbranched alkanes of at least 4 members (excludes halogenated alkanes) is 2. The van der Waals surface area contributed by atoms with Crippen LogP contribution < -0.4 is 0 Å². The number of benzene rings is 1. The first kappa shape index (κ1) is 30.6. The van der Waals surface area contributed by atoms with E-state index in [1.165, 1.54) is 0 Å². The van der Waals surface area contributed by atoms with E-state index in [2.05, 4.69) is 92.0 Å². The standard InChI is InChI=1S/C28H48N2O2Si2/c1-27(2,3)33(7,8)31-19-13-11-15-23-17-18-24(26(22-30)25(23)21-29)16-12-14-20-32-34(9,10)28(4,5)6/h17-18H,11-16,19-20H2,1-10H3. The number of hydrogen-bond acceptors (Lipinski definition) is 4. The third-order valence-electron chi connectivity index (χ3n) is 7.82. The third-order valence-corrected chi connectivity index (χ3v) is 16.9. The Hall–Kier alpha value is -1.45. The highest BCUT2D eigenvalue weighted by Crippen LogP contribution is 2.37. The van der Waals surface area contributed by atoms with Crippen molar-refractivity contribution in [1.82, 2.24) is 0 Å². The summed E-state index contributed by atoms with van der Waals surface area (Å²) in [4.78, 5) is 0. The second-order valence-corrected chi connectivity index (χ2v) is 22.1. The fraction of sp³-hybridized carbons (Fsp3) is 0.714. The first-order valence-corrected chi connectivity index (χ1v) is 18.6. The molecule has 0 aliphatic rings. The van der Waals surface area contributed by atoms with Crippen molar-refractivity contribution in [1.29, 1.82) is 10.5 Å². The molecule has 0 fully saturated rings. The molecule has 1 aromatic carbocycles. The number of rotatable bonds is 12. The van der Waals surface area contributed by atoms with Crippen molar-refractivity contribution in [3.05, 3.63) is 34.4 Å². The second-order valence-electron chi connectivity index (χ2n) is 12.5. The summed E-state index contributed by atoms with van der Waals surface area (Å²) in [6.45, 7) is 24.2. The van der Waals surface area contributed by atoms with Gasteiger partial charge >= 0.3 is 0 Å². The van der Waals surface area contributed by atoms with E-state index in [1.807, 2.05) is 0 Å². The van der Waals surface area contributed by atoms with Gasteiger partial charge in [-0.25, -0.2) is 0 Å². The maximum absolute atomic E-state index is 9.79. The van der Waals surface area contributed by atoms with Gasteiger partial charge < -0.3 is 8.85 Å². The zero-order valence-electron chi connectivity index (χ0n) is 23.5. The lowest BCUT2D eigenvalue weighted by Crippen LogP contribution is -2.40. The van der Waals surface area contributed by atoms with E-state index in [0.717, 1.165) is 62.9 Å². The van der Waals surface area contributed by atoms with Crippen molar-refractivity contribution in [3.8, 4) is 12.1 Å². The minimum Gasteiger partial charge on any atom is -0.417 e. The summed E-state index contributed by atoms with van der Waals surface area (Å²) in [6.07, 6.45) is 5.46. The van der Waals surface area contributed by atoms with E-state index in [9.17, 15) is 10.5 Å². The number of nitriles is 2. The van der Waals surface area contributed by atoms with Gasteiger partial charge in [0.1, 0.15) is 12.1 Å². The first-order chi connectivity index (χ1) is 15.6. The van der Waals surface area contributed by atoms with Gasteiger partial charge in [0.05, 0.1) is 11.1 Å². The second kappa shape index (κ2) is 12.5. The van der Waals surface area contributed by atoms with Crippen LogP contribution in [0.4, 0.5) is 0 Å². The number of aryl methyl sites for hydroxylation is 2. The Kier molecular flexibility index (Phi) is 11.2. The molecule has 0 radical (unpaired) electrons. The summed E-state index contributed by atoms with van der Waals surface area (Å²) < 4.78 is 12.5. The maximum atomic E-state index is 9.79. The fourth-order valence-corrected chi connectivity index (χ4v) is 5.46. The summed E-state index contributed by atoms with van der Waals surface area (Å²) in [5.41, 5.74) is 3.08. The molecule has 0 spiro atoms. The lowest BCUT2D eigenvalue weighted by Gasteiger charge is -2.36. The van der Waals surface area contributed by atoms with Crippen molar-refractivity contribution >= 4 is 16.6 Å². The maximum Gasteiger partial charge on any atom is 0.191 e. The molecule has 0 unspecified atom stereocenters. The van der Waals surface area contributed by atoms with E-state index >= 15 is 0 Å². The van der Waals surface area contributed by atoms with Crippen LogP contribution in [0.5, 0.6) is 0 Å². The Balaban J connectivity index is 2.65. The molecule has 0 aromatic heterocycles. The van der Waals surface area contributed by atoms with Gasteiger partial charge in [-0.1, -0.05) is 53.7 Å². The summed E-state index contributed by atoms with van der Waals surface area (Å²) in [7, 11) is -3.43. The van der Waals surface area contributed by atoms with E-state index in [-0.39, 0.29) is 10.1 Å². The Bertz CT molecular complexity index is 809. The van der Waals surface area contributed by atoms with Gasteiger partial charge in [-0.2, -0.15) is 10.5 Å². The van der Waals surface area contributed by atoms with Crippen molar-refractivity contribution < 1.29 is 8.85 Å². The van der Waals surface area contributed by atoms with E-state index < -0.39 is 16.6 Å². The predicted octanol–water partition coefficient (Wildman–Crippen LogP) is 8.12. The zero-order valence-corrected chi connectivity index (χ0v) is 25.5. The molecule has 0 aliphatic carbocycles. The fourth-order valence-electron chi connectivity index (χ4n) is 3.28. The quantitative estimate of drug-likeness (QED) is 0.215. The molecular formula is C28H48N2O2Si2. The summed E-state index contributed by atoms with van der Waals surface area (Å²) >= 11 is 0. The largest absolute Gasteiger partial charge is 0.417 e. The van der Waals surface area contributed by atoms with Crippen molar-refractivity contribution in [2.45, 2.75) is 116 Å². The molecule has 0 saturated carbocycles. The molecule has 34 heavy (non-hydrogen) atoms. The normalized spacial score (nSPS) is 12.9. The molecule has 0 heterocycles. The summed E-state index contributed by atoms with van der Waals surface area (Å²) in [6, 6.07) is 8.73. The smallest absolute Gasteiger partial charge is 0.191 e. The molecule has 0 atom stereocenters. The molecule has 1 rings (SSSR count). The van der Waals surface area contributed by atoms with Crippen molar-refractivity contribution in [2.75, 3.05) is 13.2 Å². The van der Waals surface area contributed by atoms with Crippen LogP contribution in [0.2, 0.25) is 36.3 Å². The van der Waals surface area contributed by atoms with Crippen LogP contribution in [0.25, 0.3) is 0 Å². The first-order valence-electron chi connectivity index (χ1n) is 12.8. The van der Waals surface area contributed by atoms with Crippen molar-refractivity contribution in [3.63, 3.8) is 0 Å². The Morgan fingerprint density at radius 1 is 0.647 bits per heavy atom. The number of nitrogens with zero attached hydrogens (tertiary/aromatic N) is 2. The molecule has 4 nitrogen and oxygen atoms in total. The van der Waals surface area contributed by atoms with Crippen LogP contribution in [0, 0.1) is 22.7 Å². The molecule has 0 aliphatic heterocycles. The van der Waals surface area contributed by atoms with Gasteiger partial charge in [0.2, 0.25) is 0 Å². The van der Waals surface area contributed by atoms with Gasteiger partial charge in [0.25, 0.3) is 0 Å². The molecule has 190 valence electrons. The van der Waals surface area contributed by atoms with Gasteiger partial charge in [0, 0.05) is 13.2 Å². The third kappa shape index (κ3) is 8.65. The van der Waals surface area contributed by atoms with Gasteiger partial charge in [-0.15, -0.1) is 0 Å². The van der Waals surface area contributed by atoms with E-state index in [4.69, 9.17) is 8.85 Å². The minimum absolute atomic E-state index is 0.218. The highest BCUT2D eigenvalue weighted by molar-refractivity contribution is 6.74. The van der Waals surface area contributed by atoms with Gasteiger partial charge in [-0.3, -0.25) is 0 Å². The highest BCUT2D eigenvalue weighted by Gasteiger charge is 2.37. The van der Waals surface area contributed by atoms with Crippen LogP contribution in [0.15, 0.2) is 12.1 Å². The van der Waals surface area contributed by atoms with E-state index in [0.29, 0.717) is 11.1 Å². The van der Waals surface area contributed by atoms with Crippen LogP contribution >= 0.6 is 0 Å². The van der Waals surface area contributed by atoms with Crippen LogP contribution in [0.1, 0.15) is 89.5 Å². The Morgan fingerprint density at radius 2 is 0.971 bits per heavy atom. The topological polar surface area (TPSA) is 66.0 Å². The van der Waals surface area contributed by atoms with Crippen LogP contribution in [-0.4, -0.2) is 29.8 Å². The molecular weight excluding hydrogens is 452 g/mol. The molecule has 0 amide bonds. The Morgan fingerprint density at radius 3 is 1.24 bits per heavy atom. The van der Waals surface area contributed by atoms with Gasteiger partial charge in [-0.05, 0) is 85.9 Å². The molecule has 6 heteroatoms. The van der Waals surface area contributed by atoms with Crippen LogP contribution in [-0.2, 0) is 21.7 Å². The zero-order chi connectivity index (χ0) is 26.2. The molecule has 1 aromatic rings. The lowest BCUT2D eigenvalue weighted by atomic mass is 9.92. The lowest BCUT2D eigenvalue weighted by molar-refractivity contribution is 0.279. The molecule has 0 bridgehead atoms. The molecule has 0 saturated heterocycles. The monoisotopic (exact) mass is 500 g/mol. The summed E-state index contributed by atoms with van der Waals surface area (Å²) in [5, 5.41) is 20.0. The minimum atomic E-state index is -1.72. The molecule has 0 N–H and O–H groups in total. The predicted molar refractivity (Wildman–Crippen MR) is 148 cm³/mol. The average Bonchev–Trinajstić information content (AvgIpc) is 2.71. The van der Waals surface area contributed by atoms with Crippen LogP contribution in [0.3, 0.4) is 0 Å². The summed E-state index contributed by atoms with van der Waals surface area (Å²) in [5.74, 6) is 0. The number of hydrogen-bond donors (Lipinski definition) is 0. The SMILES string of the molecule is CC(C)(C)[Si](C)(C)OCCCCc1ccc(CCCCO[Si](C)(C)C(C)(C)C)c(C#N)c1C#N. The van der Waals surface area contributed by atoms with Gasteiger partial charge in [0.15, 0.2) is 16.6 Å². The average molecular weight is 501 g/mol. The van der Waals surface area contributed by atoms with E-state index in [1.54, 1.807) is 0 Å². The van der Waals surface area contributed by atoms with Crippen molar-refractivity contribution in [2.24, 2.45) is 0 Å². The Labute approximate surface area is 211 Å².